The second-order valence-corrected chi connectivity index (χ2v) is 7.12. The molecule has 0 spiro atoms. The summed E-state index contributed by atoms with van der Waals surface area (Å²) in [6.07, 6.45) is 6.47. The van der Waals surface area contributed by atoms with Crippen LogP contribution in [0, 0.1) is 5.92 Å². The lowest BCUT2D eigenvalue weighted by Crippen LogP contribution is -2.36. The molecule has 1 saturated carbocycles. The zero-order valence-electron chi connectivity index (χ0n) is 16.1. The number of hydrogen-bond acceptors (Lipinski definition) is 4. The molecule has 2 aliphatic rings. The topological polar surface area (TPSA) is 108 Å². The molecular formula is C20H31ClN2O5. The van der Waals surface area contributed by atoms with Crippen molar-refractivity contribution in [2.24, 2.45) is 5.92 Å². The minimum atomic E-state index is -1.83. The van der Waals surface area contributed by atoms with Gasteiger partial charge in [-0.15, -0.1) is 12.4 Å². The quantitative estimate of drug-likeness (QED) is 0.584. The summed E-state index contributed by atoms with van der Waals surface area (Å²) in [5.41, 5.74) is 0.707. The largest absolute Gasteiger partial charge is 0.503 e. The van der Waals surface area contributed by atoms with Crippen LogP contribution >= 0.6 is 12.4 Å². The molecule has 0 atom stereocenters. The van der Waals surface area contributed by atoms with Crippen molar-refractivity contribution in [3.63, 3.8) is 0 Å². The Kier molecular flexibility index (Phi) is 11.4. The van der Waals surface area contributed by atoms with Crippen LogP contribution in [0.3, 0.4) is 0 Å². The van der Waals surface area contributed by atoms with Crippen LogP contribution in [0.25, 0.3) is 0 Å². The van der Waals surface area contributed by atoms with Crippen molar-refractivity contribution in [1.29, 1.82) is 0 Å². The van der Waals surface area contributed by atoms with Gasteiger partial charge in [0.25, 0.3) is 5.91 Å². The smallest absolute Gasteiger partial charge is 0.493 e. The first-order chi connectivity index (χ1) is 13.0. The van der Waals surface area contributed by atoms with Crippen LogP contribution in [-0.4, -0.2) is 48.0 Å². The maximum Gasteiger partial charge on any atom is 0.503 e. The summed E-state index contributed by atoms with van der Waals surface area (Å²) in [6, 6.07) is 7.94. The Morgan fingerprint density at radius 2 is 1.71 bits per heavy atom. The summed E-state index contributed by atoms with van der Waals surface area (Å²) >= 11 is 0. The standard InChI is InChI=1S/C19H28N2O2.CH2O3.ClH/c22-19(21-17-6-2-1-3-7-17)16-5-4-8-18(13-16)23-14-15-9-11-20-12-10-15;2-1(3)4;/h4-5,8,13,15,17,20H,1-3,6-7,9-12,14H2,(H,21,22);(H2,2,3,4);1H. The van der Waals surface area contributed by atoms with Crippen LogP contribution in [0.5, 0.6) is 5.75 Å². The van der Waals surface area contributed by atoms with Gasteiger partial charge in [-0.1, -0.05) is 25.3 Å². The van der Waals surface area contributed by atoms with Crippen LogP contribution in [0.1, 0.15) is 55.3 Å². The maximum atomic E-state index is 12.4. The molecule has 1 aromatic rings. The van der Waals surface area contributed by atoms with E-state index in [9.17, 15) is 4.79 Å². The average Bonchev–Trinajstić information content (AvgIpc) is 2.68. The van der Waals surface area contributed by atoms with Crippen molar-refractivity contribution in [3.8, 4) is 5.75 Å². The second kappa shape index (κ2) is 13.2. The van der Waals surface area contributed by atoms with E-state index in [-0.39, 0.29) is 18.3 Å². The lowest BCUT2D eigenvalue weighted by atomic mass is 9.95. The lowest BCUT2D eigenvalue weighted by Gasteiger charge is -2.23. The number of carbonyl (C=O) groups excluding carboxylic acids is 1. The molecule has 158 valence electrons. The zero-order chi connectivity index (χ0) is 19.5. The van der Waals surface area contributed by atoms with Gasteiger partial charge in [0, 0.05) is 11.6 Å². The number of carbonyl (C=O) groups is 2. The Morgan fingerprint density at radius 3 is 2.36 bits per heavy atom. The van der Waals surface area contributed by atoms with E-state index in [1.165, 1.54) is 32.1 Å². The van der Waals surface area contributed by atoms with Gasteiger partial charge < -0.3 is 25.6 Å². The van der Waals surface area contributed by atoms with Gasteiger partial charge in [-0.05, 0) is 62.9 Å². The normalized spacial score (nSPS) is 17.4. The summed E-state index contributed by atoms with van der Waals surface area (Å²) in [4.78, 5) is 21.0. The van der Waals surface area contributed by atoms with Gasteiger partial charge >= 0.3 is 6.16 Å². The molecule has 1 heterocycles. The van der Waals surface area contributed by atoms with E-state index in [2.05, 4.69) is 10.6 Å². The van der Waals surface area contributed by atoms with E-state index in [4.69, 9.17) is 19.7 Å². The Balaban J connectivity index is 0.000000717. The highest BCUT2D eigenvalue weighted by Gasteiger charge is 2.17. The van der Waals surface area contributed by atoms with Crippen LogP contribution in [-0.2, 0) is 0 Å². The minimum Gasteiger partial charge on any atom is -0.493 e. The number of ether oxygens (including phenoxy) is 1. The Labute approximate surface area is 172 Å². The number of rotatable bonds is 5. The van der Waals surface area contributed by atoms with Crippen LogP contribution in [0.4, 0.5) is 4.79 Å². The minimum absolute atomic E-state index is 0. The highest BCUT2D eigenvalue weighted by molar-refractivity contribution is 5.94. The number of hydrogen-bond donors (Lipinski definition) is 4. The number of halogens is 1. The molecule has 1 aliphatic heterocycles. The van der Waals surface area contributed by atoms with E-state index < -0.39 is 6.16 Å². The monoisotopic (exact) mass is 414 g/mol. The molecule has 3 rings (SSSR count). The molecule has 8 heteroatoms. The highest BCUT2D eigenvalue weighted by Crippen LogP contribution is 2.20. The predicted molar refractivity (Wildman–Crippen MR) is 110 cm³/mol. The van der Waals surface area contributed by atoms with Gasteiger partial charge in [-0.25, -0.2) is 4.79 Å². The van der Waals surface area contributed by atoms with Crippen molar-refractivity contribution in [2.75, 3.05) is 19.7 Å². The van der Waals surface area contributed by atoms with Crippen molar-refractivity contribution in [1.82, 2.24) is 10.6 Å². The Hall–Kier alpha value is -1.99. The zero-order valence-corrected chi connectivity index (χ0v) is 16.9. The van der Waals surface area contributed by atoms with Crippen LogP contribution in [0.15, 0.2) is 24.3 Å². The first kappa shape index (κ1) is 24.0. The summed E-state index contributed by atoms with van der Waals surface area (Å²) in [5.74, 6) is 1.46. The molecular weight excluding hydrogens is 384 g/mol. The van der Waals surface area contributed by atoms with E-state index in [0.29, 0.717) is 17.5 Å². The van der Waals surface area contributed by atoms with Gasteiger partial charge in [-0.3, -0.25) is 4.79 Å². The number of nitrogens with one attached hydrogen (secondary N) is 2. The van der Waals surface area contributed by atoms with Gasteiger partial charge in [0.05, 0.1) is 6.61 Å². The second-order valence-electron chi connectivity index (χ2n) is 7.12. The number of piperidine rings is 1. The molecule has 1 saturated heterocycles. The summed E-state index contributed by atoms with van der Waals surface area (Å²) in [6.45, 7) is 2.91. The van der Waals surface area contributed by atoms with Crippen molar-refractivity contribution in [2.45, 2.75) is 51.0 Å². The summed E-state index contributed by atoms with van der Waals surface area (Å²) < 4.78 is 5.92. The average molecular weight is 415 g/mol. The molecule has 0 unspecified atom stereocenters. The molecule has 1 aromatic carbocycles. The molecule has 0 radical (unpaired) electrons. The molecule has 1 amide bonds. The fraction of sp³-hybridized carbons (Fsp3) is 0.600. The van der Waals surface area contributed by atoms with Crippen molar-refractivity contribution >= 4 is 24.5 Å². The highest BCUT2D eigenvalue weighted by atomic mass is 35.5. The van der Waals surface area contributed by atoms with Gasteiger partial charge in [-0.2, -0.15) is 0 Å². The molecule has 1 aliphatic carbocycles. The SMILES string of the molecule is Cl.O=C(NC1CCCCC1)c1cccc(OCC2CCNCC2)c1.O=C(O)O. The first-order valence-corrected chi connectivity index (χ1v) is 9.71. The van der Waals surface area contributed by atoms with E-state index in [1.54, 1.807) is 0 Å². The van der Waals surface area contributed by atoms with Gasteiger partial charge in [0.1, 0.15) is 5.75 Å². The van der Waals surface area contributed by atoms with Crippen LogP contribution < -0.4 is 15.4 Å². The number of carboxylic acid groups (broad SMARTS) is 2. The summed E-state index contributed by atoms with van der Waals surface area (Å²) in [5, 5.41) is 20.5. The molecule has 28 heavy (non-hydrogen) atoms. The van der Waals surface area contributed by atoms with Crippen LogP contribution in [0.2, 0.25) is 0 Å². The third-order valence-corrected chi connectivity index (χ3v) is 4.98. The molecule has 0 bridgehead atoms. The fourth-order valence-electron chi connectivity index (χ4n) is 3.51. The Morgan fingerprint density at radius 1 is 1.07 bits per heavy atom. The maximum absolute atomic E-state index is 12.4. The lowest BCUT2D eigenvalue weighted by molar-refractivity contribution is 0.0927. The first-order valence-electron chi connectivity index (χ1n) is 9.71. The van der Waals surface area contributed by atoms with E-state index >= 15 is 0 Å². The molecule has 7 nitrogen and oxygen atoms in total. The third-order valence-electron chi connectivity index (χ3n) is 4.98. The predicted octanol–water partition coefficient (Wildman–Crippen LogP) is 3.77. The molecule has 2 fully saturated rings. The number of benzene rings is 1. The van der Waals surface area contributed by atoms with E-state index in [1.807, 2.05) is 24.3 Å². The summed E-state index contributed by atoms with van der Waals surface area (Å²) in [7, 11) is 0. The van der Waals surface area contributed by atoms with Gasteiger partial charge in [0.15, 0.2) is 0 Å². The third kappa shape index (κ3) is 9.28. The molecule has 4 N–H and O–H groups in total. The number of amides is 1. The van der Waals surface area contributed by atoms with Crippen molar-refractivity contribution in [3.05, 3.63) is 29.8 Å². The van der Waals surface area contributed by atoms with Crippen molar-refractivity contribution < 1.29 is 24.5 Å². The Bertz CT molecular complexity index is 598. The van der Waals surface area contributed by atoms with E-state index in [0.717, 1.165) is 38.3 Å². The fourth-order valence-corrected chi connectivity index (χ4v) is 3.51. The van der Waals surface area contributed by atoms with Gasteiger partial charge in [0.2, 0.25) is 0 Å². The molecule has 0 aromatic heterocycles.